The van der Waals surface area contributed by atoms with E-state index in [0.717, 1.165) is 16.4 Å². The lowest BCUT2D eigenvalue weighted by atomic mass is 10.1. The summed E-state index contributed by atoms with van der Waals surface area (Å²) in [7, 11) is -1.78. The van der Waals surface area contributed by atoms with Gasteiger partial charge in [-0.1, -0.05) is 12.1 Å². The van der Waals surface area contributed by atoms with E-state index in [1.165, 1.54) is 32.4 Å². The van der Waals surface area contributed by atoms with Gasteiger partial charge in [0.25, 0.3) is 15.9 Å². The van der Waals surface area contributed by atoms with Crippen LogP contribution in [-0.2, 0) is 10.0 Å². The third kappa shape index (κ3) is 4.25. The first-order chi connectivity index (χ1) is 14.2. The minimum Gasteiger partial charge on any atom is -0.497 e. The van der Waals surface area contributed by atoms with Gasteiger partial charge >= 0.3 is 0 Å². The Kier molecular flexibility index (Phi) is 6.02. The molecule has 0 aliphatic carbocycles. The molecule has 0 unspecified atom stereocenters. The maximum Gasteiger partial charge on any atom is 0.267 e. The van der Waals surface area contributed by atoms with Crippen LogP contribution in [0.3, 0.4) is 0 Å². The highest BCUT2D eigenvalue weighted by Crippen LogP contribution is 2.28. The molecule has 3 aromatic carbocycles. The van der Waals surface area contributed by atoms with Crippen molar-refractivity contribution in [2.75, 3.05) is 23.8 Å². The zero-order valence-electron chi connectivity index (χ0n) is 16.1. The number of rotatable bonds is 6. The van der Waals surface area contributed by atoms with Gasteiger partial charge in [-0.05, 0) is 54.6 Å². The van der Waals surface area contributed by atoms with E-state index in [1.807, 2.05) is 0 Å². The van der Waals surface area contributed by atoms with Gasteiger partial charge in [-0.2, -0.15) is 0 Å². The molecule has 9 heteroatoms. The Balaban J connectivity index is 1.95. The number of nitrogens with one attached hydrogen (secondary N) is 1. The molecule has 156 valence electrons. The number of carbonyl (C=O) groups excluding carboxylic acids is 1. The van der Waals surface area contributed by atoms with Crippen molar-refractivity contribution in [1.82, 2.24) is 0 Å². The number of halogens is 2. The van der Waals surface area contributed by atoms with E-state index in [0.29, 0.717) is 17.5 Å². The van der Waals surface area contributed by atoms with Crippen LogP contribution in [0.25, 0.3) is 0 Å². The number of ether oxygens (including phenoxy) is 1. The van der Waals surface area contributed by atoms with E-state index in [9.17, 15) is 22.0 Å². The number of benzene rings is 3. The van der Waals surface area contributed by atoms with Crippen molar-refractivity contribution in [1.29, 1.82) is 0 Å². The van der Waals surface area contributed by atoms with Crippen LogP contribution < -0.4 is 14.4 Å². The summed E-state index contributed by atoms with van der Waals surface area (Å²) in [5, 5.41) is 2.67. The van der Waals surface area contributed by atoms with Crippen molar-refractivity contribution < 1.29 is 26.7 Å². The number of nitrogens with zero attached hydrogens (tertiary/aromatic N) is 1. The molecule has 3 aromatic rings. The Morgan fingerprint density at radius 3 is 2.33 bits per heavy atom. The third-order valence-corrected chi connectivity index (χ3v) is 6.15. The van der Waals surface area contributed by atoms with Crippen molar-refractivity contribution in [3.05, 3.63) is 83.9 Å². The molecule has 0 spiro atoms. The second-order valence-electron chi connectivity index (χ2n) is 6.25. The number of hydrogen-bond acceptors (Lipinski definition) is 4. The summed E-state index contributed by atoms with van der Waals surface area (Å²) in [4.78, 5) is 12.0. The van der Waals surface area contributed by atoms with Gasteiger partial charge < -0.3 is 10.1 Å². The largest absolute Gasteiger partial charge is 0.497 e. The number of sulfonamides is 1. The van der Waals surface area contributed by atoms with Gasteiger partial charge in [0.05, 0.1) is 18.4 Å². The molecular formula is C21H18F2N2O4S. The summed E-state index contributed by atoms with van der Waals surface area (Å²) in [6.45, 7) is 0. The second-order valence-corrected chi connectivity index (χ2v) is 8.18. The predicted molar refractivity (Wildman–Crippen MR) is 109 cm³/mol. The average Bonchev–Trinajstić information content (AvgIpc) is 2.75. The monoisotopic (exact) mass is 432 g/mol. The molecule has 0 fully saturated rings. The molecule has 0 aliphatic rings. The van der Waals surface area contributed by atoms with Gasteiger partial charge in [0.2, 0.25) is 0 Å². The van der Waals surface area contributed by atoms with Crippen molar-refractivity contribution in [3.63, 3.8) is 0 Å². The molecule has 0 bridgehead atoms. The molecule has 0 radical (unpaired) electrons. The standard InChI is InChI=1S/C21H18F2N2O4S/c1-25(30(27,28)20-13-14(22)7-12-18(20)23)19-6-4-3-5-17(19)21(26)24-15-8-10-16(29-2)11-9-15/h3-13H,1-2H3,(H,24,26). The fourth-order valence-corrected chi connectivity index (χ4v) is 4.05. The Morgan fingerprint density at radius 1 is 1.00 bits per heavy atom. The zero-order chi connectivity index (χ0) is 21.9. The van der Waals surface area contributed by atoms with Gasteiger partial charge in [0.1, 0.15) is 22.3 Å². The smallest absolute Gasteiger partial charge is 0.267 e. The fraction of sp³-hybridized carbons (Fsp3) is 0.0952. The summed E-state index contributed by atoms with van der Waals surface area (Å²) in [6, 6.07) is 14.7. The molecule has 0 heterocycles. The zero-order valence-corrected chi connectivity index (χ0v) is 16.9. The minimum absolute atomic E-state index is 0.00664. The first-order valence-electron chi connectivity index (χ1n) is 8.72. The van der Waals surface area contributed by atoms with E-state index in [1.54, 1.807) is 30.3 Å². The highest BCUT2D eigenvalue weighted by molar-refractivity contribution is 7.92. The van der Waals surface area contributed by atoms with Gasteiger partial charge in [-0.15, -0.1) is 0 Å². The predicted octanol–water partition coefficient (Wildman–Crippen LogP) is 4.05. The topological polar surface area (TPSA) is 75.7 Å². The van der Waals surface area contributed by atoms with Crippen LogP contribution in [-0.4, -0.2) is 28.5 Å². The Hall–Kier alpha value is -3.46. The molecule has 0 saturated carbocycles. The Labute approximate surface area is 172 Å². The number of para-hydroxylation sites is 1. The van der Waals surface area contributed by atoms with E-state index >= 15 is 0 Å². The summed E-state index contributed by atoms with van der Waals surface area (Å²) >= 11 is 0. The normalized spacial score (nSPS) is 11.1. The highest BCUT2D eigenvalue weighted by Gasteiger charge is 2.28. The first-order valence-corrected chi connectivity index (χ1v) is 10.2. The minimum atomic E-state index is -4.46. The van der Waals surface area contributed by atoms with Crippen LogP contribution in [0.4, 0.5) is 20.2 Å². The molecule has 3 rings (SSSR count). The van der Waals surface area contributed by atoms with E-state index in [2.05, 4.69) is 5.32 Å². The molecule has 30 heavy (non-hydrogen) atoms. The van der Waals surface area contributed by atoms with Crippen molar-refractivity contribution in [3.8, 4) is 5.75 Å². The van der Waals surface area contributed by atoms with Gasteiger partial charge in [-0.25, -0.2) is 17.2 Å². The SMILES string of the molecule is COc1ccc(NC(=O)c2ccccc2N(C)S(=O)(=O)c2cc(F)ccc2F)cc1. The van der Waals surface area contributed by atoms with Crippen LogP contribution in [0.1, 0.15) is 10.4 Å². The number of carbonyl (C=O) groups is 1. The molecule has 0 saturated heterocycles. The van der Waals surface area contributed by atoms with Crippen molar-refractivity contribution >= 4 is 27.3 Å². The number of methoxy groups -OCH3 is 1. The molecule has 0 aliphatic heterocycles. The molecule has 1 N–H and O–H groups in total. The highest BCUT2D eigenvalue weighted by atomic mass is 32.2. The van der Waals surface area contributed by atoms with Crippen LogP contribution in [0.5, 0.6) is 5.75 Å². The Morgan fingerprint density at radius 2 is 1.67 bits per heavy atom. The maximum atomic E-state index is 14.1. The van der Waals surface area contributed by atoms with Crippen LogP contribution in [0, 0.1) is 11.6 Å². The van der Waals surface area contributed by atoms with Crippen LogP contribution >= 0.6 is 0 Å². The molecule has 0 aromatic heterocycles. The molecular weight excluding hydrogens is 414 g/mol. The number of hydrogen-bond donors (Lipinski definition) is 1. The number of amides is 1. The van der Waals surface area contributed by atoms with Crippen LogP contribution in [0.15, 0.2) is 71.6 Å². The van der Waals surface area contributed by atoms with Gasteiger partial charge in [0.15, 0.2) is 0 Å². The lowest BCUT2D eigenvalue weighted by Crippen LogP contribution is -2.29. The lowest BCUT2D eigenvalue weighted by molar-refractivity contribution is 0.102. The average molecular weight is 432 g/mol. The summed E-state index contributed by atoms with van der Waals surface area (Å²) < 4.78 is 59.2. The van der Waals surface area contributed by atoms with E-state index in [-0.39, 0.29) is 11.3 Å². The van der Waals surface area contributed by atoms with Gasteiger partial charge in [0, 0.05) is 12.7 Å². The van der Waals surface area contributed by atoms with E-state index in [4.69, 9.17) is 4.74 Å². The maximum absolute atomic E-state index is 14.1. The summed E-state index contributed by atoms with van der Waals surface area (Å²) in [5.74, 6) is -1.95. The fourth-order valence-electron chi connectivity index (χ4n) is 2.76. The molecule has 6 nitrogen and oxygen atoms in total. The van der Waals surface area contributed by atoms with Crippen molar-refractivity contribution in [2.45, 2.75) is 4.90 Å². The van der Waals surface area contributed by atoms with Crippen molar-refractivity contribution in [2.24, 2.45) is 0 Å². The molecule has 1 amide bonds. The van der Waals surface area contributed by atoms with E-state index < -0.39 is 32.5 Å². The Bertz CT molecular complexity index is 1180. The first kappa shape index (κ1) is 21.3. The van der Waals surface area contributed by atoms with Crippen LogP contribution in [0.2, 0.25) is 0 Å². The third-order valence-electron chi connectivity index (χ3n) is 4.37. The summed E-state index contributed by atoms with van der Waals surface area (Å²) in [5.41, 5.74) is 0.515. The van der Waals surface area contributed by atoms with Gasteiger partial charge in [-0.3, -0.25) is 9.10 Å². The number of anilines is 2. The molecule has 0 atom stereocenters. The summed E-state index contributed by atoms with van der Waals surface area (Å²) in [6.07, 6.45) is 0. The second kappa shape index (κ2) is 8.50. The quantitative estimate of drug-likeness (QED) is 0.638. The lowest BCUT2D eigenvalue weighted by Gasteiger charge is -2.22.